The molecule has 0 unspecified atom stereocenters. The Hall–Kier alpha value is -1.12. The Bertz CT molecular complexity index is 328. The molecule has 70 valence electrons. The van der Waals surface area contributed by atoms with Crippen molar-refractivity contribution < 1.29 is 8.78 Å². The summed E-state index contributed by atoms with van der Waals surface area (Å²) in [5.74, 6) is -2.74. The second-order valence-electron chi connectivity index (χ2n) is 3.44. The molecule has 1 aromatic carbocycles. The number of anilines is 1. The molecule has 2 rings (SSSR count). The molecule has 0 bridgehead atoms. The minimum Gasteiger partial charge on any atom is -0.384 e. The zero-order valence-corrected chi connectivity index (χ0v) is 7.40. The van der Waals surface area contributed by atoms with E-state index >= 15 is 0 Å². The Morgan fingerprint density at radius 1 is 1.38 bits per heavy atom. The Morgan fingerprint density at radius 3 is 2.85 bits per heavy atom. The van der Waals surface area contributed by atoms with E-state index in [1.54, 1.807) is 12.1 Å². The highest BCUT2D eigenvalue weighted by Gasteiger charge is 2.25. The Balaban J connectivity index is 2.42. The third-order valence-corrected chi connectivity index (χ3v) is 2.33. The number of halogens is 2. The van der Waals surface area contributed by atoms with Crippen LogP contribution < -0.4 is 5.32 Å². The summed E-state index contributed by atoms with van der Waals surface area (Å²) in [5.41, 5.74) is 2.08. The molecule has 0 spiro atoms. The lowest BCUT2D eigenvalue weighted by Crippen LogP contribution is -2.07. The standard InChI is InChI=1S/C10H11F2N/c1-10(11,12)8-3-2-7-4-5-13-9(7)6-8/h2-3,6,13H,4-5H2,1H3. The normalized spacial score (nSPS) is 15.3. The SMILES string of the molecule is CC(F)(F)c1ccc2c(c1)NCC2. The van der Waals surface area contributed by atoms with Gasteiger partial charge >= 0.3 is 0 Å². The van der Waals surface area contributed by atoms with Crippen LogP contribution in [-0.2, 0) is 12.3 Å². The number of hydrogen-bond donors (Lipinski definition) is 1. The molecule has 1 heterocycles. The fourth-order valence-electron chi connectivity index (χ4n) is 1.56. The van der Waals surface area contributed by atoms with Gasteiger partial charge < -0.3 is 5.32 Å². The van der Waals surface area contributed by atoms with Gasteiger partial charge in [-0.1, -0.05) is 12.1 Å². The maximum Gasteiger partial charge on any atom is 0.270 e. The highest BCUT2D eigenvalue weighted by Crippen LogP contribution is 2.32. The lowest BCUT2D eigenvalue weighted by Gasteiger charge is -2.11. The van der Waals surface area contributed by atoms with Crippen LogP contribution in [0.2, 0.25) is 0 Å². The molecule has 0 saturated carbocycles. The molecule has 0 saturated heterocycles. The van der Waals surface area contributed by atoms with Crippen molar-refractivity contribution >= 4 is 5.69 Å². The molecule has 1 aliphatic rings. The van der Waals surface area contributed by atoms with Crippen LogP contribution in [0.3, 0.4) is 0 Å². The van der Waals surface area contributed by atoms with Gasteiger partial charge in [-0.15, -0.1) is 0 Å². The molecule has 1 aliphatic heterocycles. The van der Waals surface area contributed by atoms with Gasteiger partial charge in [0.25, 0.3) is 5.92 Å². The first kappa shape index (κ1) is 8.48. The zero-order chi connectivity index (χ0) is 9.47. The summed E-state index contributed by atoms with van der Waals surface area (Å²) in [6, 6.07) is 4.83. The van der Waals surface area contributed by atoms with Crippen LogP contribution in [0.5, 0.6) is 0 Å². The Labute approximate surface area is 75.8 Å². The number of benzene rings is 1. The maximum atomic E-state index is 12.9. The average molecular weight is 183 g/mol. The predicted octanol–water partition coefficient (Wildman–Crippen LogP) is 2.77. The van der Waals surface area contributed by atoms with Gasteiger partial charge in [0.05, 0.1) is 0 Å². The fraction of sp³-hybridized carbons (Fsp3) is 0.400. The molecule has 1 aromatic rings. The maximum absolute atomic E-state index is 12.9. The summed E-state index contributed by atoms with van der Waals surface area (Å²) < 4.78 is 25.8. The summed E-state index contributed by atoms with van der Waals surface area (Å²) in [6.45, 7) is 1.78. The van der Waals surface area contributed by atoms with Gasteiger partial charge in [-0.3, -0.25) is 0 Å². The van der Waals surface area contributed by atoms with E-state index in [1.807, 2.05) is 0 Å². The van der Waals surface area contributed by atoms with Gasteiger partial charge in [-0.25, -0.2) is 8.78 Å². The van der Waals surface area contributed by atoms with E-state index in [9.17, 15) is 8.78 Å². The first-order valence-corrected chi connectivity index (χ1v) is 4.32. The topological polar surface area (TPSA) is 12.0 Å². The second kappa shape index (κ2) is 2.69. The third kappa shape index (κ3) is 1.50. The van der Waals surface area contributed by atoms with Gasteiger partial charge in [-0.05, 0) is 18.1 Å². The summed E-state index contributed by atoms with van der Waals surface area (Å²) >= 11 is 0. The molecular formula is C10H11F2N. The zero-order valence-electron chi connectivity index (χ0n) is 7.40. The fourth-order valence-corrected chi connectivity index (χ4v) is 1.56. The molecule has 0 radical (unpaired) electrons. The second-order valence-corrected chi connectivity index (χ2v) is 3.44. The lowest BCUT2D eigenvalue weighted by atomic mass is 10.1. The Morgan fingerprint density at radius 2 is 2.15 bits per heavy atom. The van der Waals surface area contributed by atoms with Crippen molar-refractivity contribution in [1.29, 1.82) is 0 Å². The monoisotopic (exact) mass is 183 g/mol. The summed E-state index contributed by atoms with van der Waals surface area (Å²) in [4.78, 5) is 0. The van der Waals surface area contributed by atoms with Crippen molar-refractivity contribution in [2.75, 3.05) is 11.9 Å². The first-order valence-electron chi connectivity index (χ1n) is 4.32. The molecule has 0 fully saturated rings. The molecule has 13 heavy (non-hydrogen) atoms. The highest BCUT2D eigenvalue weighted by molar-refractivity contribution is 5.57. The number of rotatable bonds is 1. The molecule has 0 amide bonds. The third-order valence-electron chi connectivity index (χ3n) is 2.33. The van der Waals surface area contributed by atoms with Gasteiger partial charge in [0.1, 0.15) is 0 Å². The van der Waals surface area contributed by atoms with Gasteiger partial charge in [0.2, 0.25) is 0 Å². The number of fused-ring (bicyclic) bond motifs is 1. The lowest BCUT2D eigenvalue weighted by molar-refractivity contribution is 0.0175. The van der Waals surface area contributed by atoms with Gasteiger partial charge in [0.15, 0.2) is 0 Å². The first-order chi connectivity index (χ1) is 6.07. The smallest absolute Gasteiger partial charge is 0.270 e. The number of nitrogens with one attached hydrogen (secondary N) is 1. The van der Waals surface area contributed by atoms with Crippen LogP contribution in [0.1, 0.15) is 18.1 Å². The summed E-state index contributed by atoms with van der Waals surface area (Å²) in [5, 5.41) is 3.08. The van der Waals surface area contributed by atoms with Gasteiger partial charge in [0, 0.05) is 24.7 Å². The molecule has 0 aromatic heterocycles. The molecule has 1 nitrogen and oxygen atoms in total. The van der Waals surface area contributed by atoms with E-state index in [0.29, 0.717) is 0 Å². The van der Waals surface area contributed by atoms with E-state index in [-0.39, 0.29) is 5.56 Å². The van der Waals surface area contributed by atoms with Crippen LogP contribution in [0, 0.1) is 0 Å². The van der Waals surface area contributed by atoms with Gasteiger partial charge in [-0.2, -0.15) is 0 Å². The summed E-state index contributed by atoms with van der Waals surface area (Å²) in [7, 11) is 0. The van der Waals surface area contributed by atoms with Crippen LogP contribution in [0.15, 0.2) is 18.2 Å². The van der Waals surface area contributed by atoms with E-state index < -0.39 is 5.92 Å². The summed E-state index contributed by atoms with van der Waals surface area (Å²) in [6.07, 6.45) is 0.935. The van der Waals surface area contributed by atoms with Crippen LogP contribution in [-0.4, -0.2) is 6.54 Å². The van der Waals surface area contributed by atoms with E-state index in [1.165, 1.54) is 6.07 Å². The Kier molecular flexibility index (Phi) is 1.75. The van der Waals surface area contributed by atoms with Crippen molar-refractivity contribution in [3.8, 4) is 0 Å². The van der Waals surface area contributed by atoms with E-state index in [2.05, 4.69) is 5.32 Å². The number of alkyl halides is 2. The van der Waals surface area contributed by atoms with Crippen LogP contribution >= 0.6 is 0 Å². The van der Waals surface area contributed by atoms with Crippen LogP contribution in [0.4, 0.5) is 14.5 Å². The van der Waals surface area contributed by atoms with Crippen molar-refractivity contribution in [2.24, 2.45) is 0 Å². The molecule has 0 aliphatic carbocycles. The largest absolute Gasteiger partial charge is 0.384 e. The predicted molar refractivity (Wildman–Crippen MR) is 48.2 cm³/mol. The molecule has 0 atom stereocenters. The highest BCUT2D eigenvalue weighted by atomic mass is 19.3. The van der Waals surface area contributed by atoms with Crippen molar-refractivity contribution in [2.45, 2.75) is 19.3 Å². The van der Waals surface area contributed by atoms with Crippen molar-refractivity contribution in [1.82, 2.24) is 0 Å². The average Bonchev–Trinajstić information content (AvgIpc) is 2.47. The molecule has 1 N–H and O–H groups in total. The molecular weight excluding hydrogens is 172 g/mol. The quantitative estimate of drug-likeness (QED) is 0.705. The minimum atomic E-state index is -2.74. The van der Waals surface area contributed by atoms with Crippen molar-refractivity contribution in [3.05, 3.63) is 29.3 Å². The van der Waals surface area contributed by atoms with E-state index in [4.69, 9.17) is 0 Å². The van der Waals surface area contributed by atoms with E-state index in [0.717, 1.165) is 31.1 Å². The van der Waals surface area contributed by atoms with Crippen molar-refractivity contribution in [3.63, 3.8) is 0 Å². The number of hydrogen-bond acceptors (Lipinski definition) is 1. The van der Waals surface area contributed by atoms with Crippen LogP contribution in [0.25, 0.3) is 0 Å². The molecule has 3 heteroatoms. The minimum absolute atomic E-state index is 0.0839.